The van der Waals surface area contributed by atoms with Crippen LogP contribution in [0.2, 0.25) is 5.15 Å². The highest BCUT2D eigenvalue weighted by atomic mass is 35.5. The lowest BCUT2D eigenvalue weighted by atomic mass is 10.2. The van der Waals surface area contributed by atoms with Crippen molar-refractivity contribution in [3.63, 3.8) is 0 Å². The van der Waals surface area contributed by atoms with Gasteiger partial charge in [0.2, 0.25) is 0 Å². The summed E-state index contributed by atoms with van der Waals surface area (Å²) < 4.78 is 14.7. The van der Waals surface area contributed by atoms with E-state index in [9.17, 15) is 9.18 Å². The van der Waals surface area contributed by atoms with Gasteiger partial charge in [0, 0.05) is 12.2 Å². The van der Waals surface area contributed by atoms with Gasteiger partial charge in [0.15, 0.2) is 0 Å². The third-order valence-electron chi connectivity index (χ3n) is 2.44. The maximum absolute atomic E-state index is 13.0. The maximum Gasteiger partial charge on any atom is 0.258 e. The summed E-state index contributed by atoms with van der Waals surface area (Å²) >= 11 is 5.75. The molecule has 0 aliphatic rings. The first-order valence-electron chi connectivity index (χ1n) is 5.64. The molecule has 2 heterocycles. The maximum atomic E-state index is 13.0. The summed E-state index contributed by atoms with van der Waals surface area (Å²) in [7, 11) is 0. The van der Waals surface area contributed by atoms with Crippen molar-refractivity contribution in [1.29, 1.82) is 0 Å². The number of carbonyl (C=O) groups excluding carboxylic acids is 1. The lowest BCUT2D eigenvalue weighted by molar-refractivity contribution is 0.102. The van der Waals surface area contributed by atoms with Gasteiger partial charge in [-0.15, -0.1) is 0 Å². The zero-order valence-electron chi connectivity index (χ0n) is 10.4. The lowest BCUT2D eigenvalue weighted by Gasteiger charge is -2.05. The number of rotatable bonds is 3. The van der Waals surface area contributed by atoms with E-state index in [4.69, 9.17) is 11.6 Å². The summed E-state index contributed by atoms with van der Waals surface area (Å²) in [5, 5.41) is 6.62. The molecule has 0 aromatic carbocycles. The van der Waals surface area contributed by atoms with E-state index in [0.29, 0.717) is 5.69 Å². The van der Waals surface area contributed by atoms with Crippen molar-refractivity contribution in [2.45, 2.75) is 19.9 Å². The van der Waals surface area contributed by atoms with Crippen LogP contribution in [0.5, 0.6) is 0 Å². The standard InChI is InChI=1S/C12H12ClFN4O/c1-7(2)18-6-9(5-16-18)17-12(19)10-3-8(14)4-15-11(10)13/h3-7H,1-2H3,(H,17,19). The Kier molecular flexibility index (Phi) is 3.80. The number of hydrogen-bond donors (Lipinski definition) is 1. The van der Waals surface area contributed by atoms with Crippen molar-refractivity contribution in [1.82, 2.24) is 14.8 Å². The molecule has 0 spiro atoms. The average Bonchev–Trinajstić information content (AvgIpc) is 2.80. The summed E-state index contributed by atoms with van der Waals surface area (Å²) in [5.41, 5.74) is 0.498. The highest BCUT2D eigenvalue weighted by molar-refractivity contribution is 6.33. The van der Waals surface area contributed by atoms with Crippen LogP contribution in [-0.4, -0.2) is 20.7 Å². The normalized spacial score (nSPS) is 10.8. The molecule has 0 aliphatic carbocycles. The highest BCUT2D eigenvalue weighted by Crippen LogP contribution is 2.16. The molecule has 2 rings (SSSR count). The van der Waals surface area contributed by atoms with Gasteiger partial charge in [-0.05, 0) is 19.9 Å². The second kappa shape index (κ2) is 5.36. The SMILES string of the molecule is CC(C)n1cc(NC(=O)c2cc(F)cnc2Cl)cn1. The molecule has 100 valence electrons. The Morgan fingerprint density at radius 2 is 2.21 bits per heavy atom. The van der Waals surface area contributed by atoms with E-state index in [-0.39, 0.29) is 16.8 Å². The summed E-state index contributed by atoms with van der Waals surface area (Å²) in [6.45, 7) is 3.93. The van der Waals surface area contributed by atoms with Gasteiger partial charge in [-0.1, -0.05) is 11.6 Å². The fourth-order valence-electron chi connectivity index (χ4n) is 1.47. The number of halogens is 2. The molecule has 0 saturated carbocycles. The first-order chi connectivity index (χ1) is 8.97. The zero-order valence-corrected chi connectivity index (χ0v) is 11.1. The van der Waals surface area contributed by atoms with Gasteiger partial charge in [0.25, 0.3) is 5.91 Å². The molecule has 1 N–H and O–H groups in total. The van der Waals surface area contributed by atoms with E-state index in [2.05, 4.69) is 15.4 Å². The molecule has 0 unspecified atom stereocenters. The topological polar surface area (TPSA) is 59.8 Å². The van der Waals surface area contributed by atoms with Crippen molar-refractivity contribution >= 4 is 23.2 Å². The number of nitrogens with one attached hydrogen (secondary N) is 1. The third kappa shape index (κ3) is 3.08. The molecule has 1 amide bonds. The van der Waals surface area contributed by atoms with Crippen LogP contribution in [0.25, 0.3) is 0 Å². The van der Waals surface area contributed by atoms with E-state index in [1.54, 1.807) is 10.9 Å². The van der Waals surface area contributed by atoms with Crippen LogP contribution in [0.3, 0.4) is 0 Å². The van der Waals surface area contributed by atoms with Crippen molar-refractivity contribution in [3.8, 4) is 0 Å². The summed E-state index contributed by atoms with van der Waals surface area (Å²) in [4.78, 5) is 15.5. The van der Waals surface area contributed by atoms with Crippen LogP contribution in [0.15, 0.2) is 24.7 Å². The number of anilines is 1. The highest BCUT2D eigenvalue weighted by Gasteiger charge is 2.14. The van der Waals surface area contributed by atoms with E-state index >= 15 is 0 Å². The second-order valence-electron chi connectivity index (χ2n) is 4.25. The number of pyridine rings is 1. The Balaban J connectivity index is 2.18. The van der Waals surface area contributed by atoms with Gasteiger partial charge >= 0.3 is 0 Å². The molecule has 5 nitrogen and oxygen atoms in total. The monoisotopic (exact) mass is 282 g/mol. The molecule has 2 aromatic rings. The van der Waals surface area contributed by atoms with Crippen LogP contribution in [0, 0.1) is 5.82 Å². The van der Waals surface area contributed by atoms with Gasteiger partial charge < -0.3 is 5.32 Å². The number of hydrogen-bond acceptors (Lipinski definition) is 3. The molecule has 0 saturated heterocycles. The minimum atomic E-state index is -0.618. The molecule has 0 fully saturated rings. The van der Waals surface area contributed by atoms with Gasteiger partial charge in [-0.25, -0.2) is 9.37 Å². The van der Waals surface area contributed by atoms with Crippen LogP contribution in [0.1, 0.15) is 30.2 Å². The fraction of sp³-hybridized carbons (Fsp3) is 0.250. The molecule has 7 heteroatoms. The Labute approximate surface area is 114 Å². The first-order valence-corrected chi connectivity index (χ1v) is 6.01. The molecule has 0 bridgehead atoms. The number of aromatic nitrogens is 3. The number of nitrogens with zero attached hydrogens (tertiary/aromatic N) is 3. The van der Waals surface area contributed by atoms with Crippen molar-refractivity contribution in [3.05, 3.63) is 41.2 Å². The Morgan fingerprint density at radius 1 is 1.47 bits per heavy atom. The van der Waals surface area contributed by atoms with Crippen molar-refractivity contribution in [2.75, 3.05) is 5.32 Å². The van der Waals surface area contributed by atoms with E-state index in [1.165, 1.54) is 6.20 Å². The Hall–Kier alpha value is -1.95. The number of amides is 1. The largest absolute Gasteiger partial charge is 0.319 e. The third-order valence-corrected chi connectivity index (χ3v) is 2.74. The Bertz CT molecular complexity index is 612. The number of carbonyl (C=O) groups is 1. The average molecular weight is 283 g/mol. The molecule has 0 aliphatic heterocycles. The quantitative estimate of drug-likeness (QED) is 0.881. The van der Waals surface area contributed by atoms with E-state index < -0.39 is 11.7 Å². The summed E-state index contributed by atoms with van der Waals surface area (Å²) in [5.74, 6) is -1.15. The molecule has 0 radical (unpaired) electrons. The van der Waals surface area contributed by atoms with Gasteiger partial charge in [-0.3, -0.25) is 9.48 Å². The molecular formula is C12H12ClFN4O. The van der Waals surface area contributed by atoms with E-state index in [1.807, 2.05) is 13.8 Å². The summed E-state index contributed by atoms with van der Waals surface area (Å²) in [6.07, 6.45) is 4.15. The molecular weight excluding hydrogens is 271 g/mol. The predicted octanol–water partition coefficient (Wildman–Crippen LogP) is 2.90. The minimum absolute atomic E-state index is 0.0148. The smallest absolute Gasteiger partial charge is 0.258 e. The zero-order chi connectivity index (χ0) is 14.0. The van der Waals surface area contributed by atoms with Gasteiger partial charge in [0.1, 0.15) is 11.0 Å². The first kappa shape index (κ1) is 13.5. The van der Waals surface area contributed by atoms with Crippen LogP contribution >= 0.6 is 11.6 Å². The molecule has 0 atom stereocenters. The minimum Gasteiger partial charge on any atom is -0.319 e. The van der Waals surface area contributed by atoms with Crippen molar-refractivity contribution < 1.29 is 9.18 Å². The Morgan fingerprint density at radius 3 is 2.84 bits per heavy atom. The molecule has 19 heavy (non-hydrogen) atoms. The predicted molar refractivity (Wildman–Crippen MR) is 69.8 cm³/mol. The summed E-state index contributed by atoms with van der Waals surface area (Å²) in [6, 6.07) is 1.22. The fourth-order valence-corrected chi connectivity index (χ4v) is 1.65. The molecule has 2 aromatic heterocycles. The van der Waals surface area contributed by atoms with Crippen LogP contribution < -0.4 is 5.32 Å². The second-order valence-corrected chi connectivity index (χ2v) is 4.61. The van der Waals surface area contributed by atoms with Crippen LogP contribution in [-0.2, 0) is 0 Å². The van der Waals surface area contributed by atoms with Gasteiger partial charge in [0.05, 0.1) is 23.6 Å². The van der Waals surface area contributed by atoms with E-state index in [0.717, 1.165) is 12.3 Å². The van der Waals surface area contributed by atoms with Crippen molar-refractivity contribution in [2.24, 2.45) is 0 Å². The van der Waals surface area contributed by atoms with Gasteiger partial charge in [-0.2, -0.15) is 5.10 Å². The lowest BCUT2D eigenvalue weighted by Crippen LogP contribution is -2.13. The van der Waals surface area contributed by atoms with Crippen LogP contribution in [0.4, 0.5) is 10.1 Å².